The number of allylic oxidation sites excluding steroid dienone is 6. The maximum absolute atomic E-state index is 11.9. The van der Waals surface area contributed by atoms with Gasteiger partial charge >= 0.3 is 13.8 Å². The van der Waals surface area contributed by atoms with Crippen molar-refractivity contribution in [2.24, 2.45) is 0 Å². The molecule has 238 valence electrons. The molecule has 0 aliphatic heterocycles. The molecule has 0 radical (unpaired) electrons. The first-order valence-electron chi connectivity index (χ1n) is 15.5. The number of aliphatic hydroxyl groups excluding tert-OH is 1. The molecule has 2 atom stereocenters. The van der Waals surface area contributed by atoms with E-state index in [1.807, 2.05) is 6.92 Å². The van der Waals surface area contributed by atoms with Gasteiger partial charge in [-0.15, -0.1) is 0 Å². The van der Waals surface area contributed by atoms with E-state index < -0.39 is 26.5 Å². The minimum Gasteiger partial charge on any atom is -0.463 e. The Morgan fingerprint density at radius 3 is 2.07 bits per heavy atom. The Kier molecular flexibility index (Phi) is 27.1. The average molecular weight is 602 g/mol. The molecule has 0 aromatic rings. The van der Waals surface area contributed by atoms with E-state index in [4.69, 9.17) is 13.8 Å². The minimum absolute atomic E-state index is 0.0762. The standard InChI is InChI=1S/C31H56NO8P/c1-3-5-7-8-9-10-11-12-13-14-15-16-17-18-19-20-22-24-31(35)38-27-29(33)28-40-41(36,37)39-26-25-32-30(34)23-21-6-4-2/h5,7,9-10,12-13,29,33H,3-4,6,8,11,14-28H2,1-2H3,(H,32,34)(H,36,37)/b7-5-,10-9-,13-12-. The lowest BCUT2D eigenvalue weighted by atomic mass is 10.1. The molecule has 1 amide bonds. The first kappa shape index (κ1) is 39.2. The summed E-state index contributed by atoms with van der Waals surface area (Å²) < 4.78 is 26.4. The Labute approximate surface area is 248 Å². The summed E-state index contributed by atoms with van der Waals surface area (Å²) in [5.41, 5.74) is 0. The van der Waals surface area contributed by atoms with Crippen LogP contribution in [0.1, 0.15) is 117 Å². The number of hydrogen-bond acceptors (Lipinski definition) is 7. The molecule has 0 aliphatic carbocycles. The van der Waals surface area contributed by atoms with Gasteiger partial charge in [0.05, 0.1) is 13.2 Å². The number of carbonyl (C=O) groups excluding carboxylic acids is 2. The molecular formula is C31H56NO8P. The van der Waals surface area contributed by atoms with Crippen LogP contribution in [0.15, 0.2) is 36.5 Å². The first-order valence-corrected chi connectivity index (χ1v) is 17.0. The van der Waals surface area contributed by atoms with Crippen LogP contribution >= 0.6 is 7.82 Å². The Hall–Kier alpha value is -1.77. The zero-order valence-corrected chi connectivity index (χ0v) is 26.4. The molecule has 2 unspecified atom stereocenters. The summed E-state index contributed by atoms with van der Waals surface area (Å²) >= 11 is 0. The molecule has 0 aromatic carbocycles. The summed E-state index contributed by atoms with van der Waals surface area (Å²) in [6, 6.07) is 0. The fraction of sp³-hybridized carbons (Fsp3) is 0.742. The van der Waals surface area contributed by atoms with Crippen LogP contribution in [0.5, 0.6) is 0 Å². The maximum Gasteiger partial charge on any atom is 0.472 e. The van der Waals surface area contributed by atoms with E-state index in [1.165, 1.54) is 19.3 Å². The van der Waals surface area contributed by atoms with Gasteiger partial charge in [0.25, 0.3) is 0 Å². The van der Waals surface area contributed by atoms with Gasteiger partial charge in [0.15, 0.2) is 0 Å². The summed E-state index contributed by atoms with van der Waals surface area (Å²) in [6.45, 7) is 3.21. The molecule has 41 heavy (non-hydrogen) atoms. The molecule has 0 spiro atoms. The minimum atomic E-state index is -4.39. The third-order valence-corrected chi connectivity index (χ3v) is 7.07. The molecule has 10 heteroatoms. The van der Waals surface area contributed by atoms with Crippen LogP contribution in [0.2, 0.25) is 0 Å². The Bertz CT molecular complexity index is 784. The number of aliphatic hydroxyl groups is 1. The number of unbranched alkanes of at least 4 members (excludes halogenated alkanes) is 9. The van der Waals surface area contributed by atoms with Crippen molar-refractivity contribution in [3.63, 3.8) is 0 Å². The van der Waals surface area contributed by atoms with Crippen molar-refractivity contribution in [1.82, 2.24) is 5.32 Å². The first-order chi connectivity index (χ1) is 19.8. The van der Waals surface area contributed by atoms with Gasteiger partial charge in [0, 0.05) is 19.4 Å². The van der Waals surface area contributed by atoms with E-state index in [1.54, 1.807) is 0 Å². The summed E-state index contributed by atoms with van der Waals surface area (Å²) in [7, 11) is -4.39. The van der Waals surface area contributed by atoms with Gasteiger partial charge in [-0.05, 0) is 44.9 Å². The van der Waals surface area contributed by atoms with Gasteiger partial charge in [-0.3, -0.25) is 18.6 Å². The molecule has 0 aliphatic rings. The van der Waals surface area contributed by atoms with Crippen molar-refractivity contribution in [3.05, 3.63) is 36.5 Å². The second kappa shape index (κ2) is 28.4. The van der Waals surface area contributed by atoms with Gasteiger partial charge < -0.3 is 20.1 Å². The summed E-state index contributed by atoms with van der Waals surface area (Å²) in [5.74, 6) is -0.557. The average Bonchev–Trinajstić information content (AvgIpc) is 2.95. The number of ether oxygens (including phenoxy) is 1. The lowest BCUT2D eigenvalue weighted by Crippen LogP contribution is -2.27. The monoisotopic (exact) mass is 601 g/mol. The number of rotatable bonds is 28. The van der Waals surface area contributed by atoms with E-state index in [0.29, 0.717) is 6.42 Å². The van der Waals surface area contributed by atoms with Crippen molar-refractivity contribution >= 4 is 19.7 Å². The van der Waals surface area contributed by atoms with Gasteiger partial charge in [0.2, 0.25) is 5.91 Å². The number of amides is 1. The van der Waals surface area contributed by atoms with Gasteiger partial charge in [-0.2, -0.15) is 0 Å². The molecule has 3 N–H and O–H groups in total. The van der Waals surface area contributed by atoms with E-state index in [0.717, 1.165) is 70.6 Å². The lowest BCUT2D eigenvalue weighted by molar-refractivity contribution is -0.147. The van der Waals surface area contributed by atoms with E-state index in [2.05, 4.69) is 48.7 Å². The second-order valence-corrected chi connectivity index (χ2v) is 11.5. The fourth-order valence-electron chi connectivity index (χ4n) is 3.74. The Balaban J connectivity index is 3.64. The largest absolute Gasteiger partial charge is 0.472 e. The lowest BCUT2D eigenvalue weighted by Gasteiger charge is -2.15. The zero-order valence-electron chi connectivity index (χ0n) is 25.5. The topological polar surface area (TPSA) is 131 Å². The number of phosphoric ester groups is 1. The van der Waals surface area contributed by atoms with Gasteiger partial charge in [-0.1, -0.05) is 95.2 Å². The molecule has 0 fully saturated rings. The molecule has 0 saturated carbocycles. The highest BCUT2D eigenvalue weighted by molar-refractivity contribution is 7.47. The van der Waals surface area contributed by atoms with Crippen LogP contribution in [-0.2, 0) is 27.9 Å². The molecule has 0 rings (SSSR count). The van der Waals surface area contributed by atoms with Gasteiger partial charge in [0.1, 0.15) is 12.7 Å². The predicted molar refractivity (Wildman–Crippen MR) is 164 cm³/mol. The van der Waals surface area contributed by atoms with Crippen LogP contribution < -0.4 is 5.32 Å². The molecule has 9 nitrogen and oxygen atoms in total. The van der Waals surface area contributed by atoms with Gasteiger partial charge in [-0.25, -0.2) is 4.57 Å². The highest BCUT2D eigenvalue weighted by Gasteiger charge is 2.23. The van der Waals surface area contributed by atoms with Crippen LogP contribution in [0.3, 0.4) is 0 Å². The van der Waals surface area contributed by atoms with Crippen molar-refractivity contribution in [2.45, 2.75) is 123 Å². The van der Waals surface area contributed by atoms with Crippen LogP contribution in [0.4, 0.5) is 0 Å². The smallest absolute Gasteiger partial charge is 0.463 e. The third kappa shape index (κ3) is 29.5. The fourth-order valence-corrected chi connectivity index (χ4v) is 4.50. The van der Waals surface area contributed by atoms with Crippen molar-refractivity contribution in [3.8, 4) is 0 Å². The molecule has 0 bridgehead atoms. The normalized spacial score (nSPS) is 14.1. The van der Waals surface area contributed by atoms with Crippen LogP contribution in [0.25, 0.3) is 0 Å². The van der Waals surface area contributed by atoms with Crippen molar-refractivity contribution < 1.29 is 37.9 Å². The molecule has 0 heterocycles. The Morgan fingerprint density at radius 2 is 1.39 bits per heavy atom. The quantitative estimate of drug-likeness (QED) is 0.0375. The van der Waals surface area contributed by atoms with E-state index >= 15 is 0 Å². The van der Waals surface area contributed by atoms with E-state index in [9.17, 15) is 24.2 Å². The number of nitrogens with one attached hydrogen (secondary N) is 1. The third-order valence-electron chi connectivity index (χ3n) is 6.08. The highest BCUT2D eigenvalue weighted by Crippen LogP contribution is 2.42. The zero-order chi connectivity index (χ0) is 30.4. The number of carbonyl (C=O) groups is 2. The summed E-state index contributed by atoms with van der Waals surface area (Å²) in [4.78, 5) is 33.1. The predicted octanol–water partition coefficient (Wildman–Crippen LogP) is 7.09. The molecule has 0 aromatic heterocycles. The van der Waals surface area contributed by atoms with Crippen LogP contribution in [-0.4, -0.2) is 54.3 Å². The summed E-state index contributed by atoms with van der Waals surface area (Å²) in [5, 5.41) is 12.5. The van der Waals surface area contributed by atoms with E-state index in [-0.39, 0.29) is 32.1 Å². The summed E-state index contributed by atoms with van der Waals surface area (Å²) in [6.07, 6.45) is 27.2. The molecular weight excluding hydrogens is 545 g/mol. The number of phosphoric acid groups is 1. The maximum atomic E-state index is 11.9. The Morgan fingerprint density at radius 1 is 0.780 bits per heavy atom. The molecule has 0 saturated heterocycles. The van der Waals surface area contributed by atoms with Crippen molar-refractivity contribution in [1.29, 1.82) is 0 Å². The van der Waals surface area contributed by atoms with Crippen LogP contribution in [0, 0.1) is 0 Å². The number of esters is 1. The SMILES string of the molecule is CC/C=C\C/C=C\C/C=C\CCCCCCCCCC(=O)OCC(O)COP(=O)(O)OCCNC(=O)CCCCC. The van der Waals surface area contributed by atoms with Crippen molar-refractivity contribution in [2.75, 3.05) is 26.4 Å². The highest BCUT2D eigenvalue weighted by atomic mass is 31.2. The number of hydrogen-bond donors (Lipinski definition) is 3. The second-order valence-electron chi connectivity index (χ2n) is 10.0.